The van der Waals surface area contributed by atoms with Crippen LogP contribution in [0.4, 0.5) is 5.13 Å². The number of anilines is 1. The predicted molar refractivity (Wildman–Crippen MR) is 88.7 cm³/mol. The van der Waals surface area contributed by atoms with E-state index in [-0.39, 0.29) is 11.7 Å². The van der Waals surface area contributed by atoms with Crippen molar-refractivity contribution in [1.82, 2.24) is 19.7 Å². The lowest BCUT2D eigenvalue weighted by Crippen LogP contribution is -2.10. The Morgan fingerprint density at radius 1 is 1.43 bits per heavy atom. The van der Waals surface area contributed by atoms with Crippen LogP contribution < -0.4 is 5.32 Å². The van der Waals surface area contributed by atoms with E-state index in [0.29, 0.717) is 10.9 Å². The molecule has 0 aliphatic heterocycles. The van der Waals surface area contributed by atoms with Crippen LogP contribution in [-0.2, 0) is 19.2 Å². The third-order valence-corrected chi connectivity index (χ3v) is 5.06. The number of furan rings is 1. The zero-order valence-electron chi connectivity index (χ0n) is 12.6. The summed E-state index contributed by atoms with van der Waals surface area (Å²) in [4.78, 5) is 16.4. The summed E-state index contributed by atoms with van der Waals surface area (Å²) in [6.07, 6.45) is 4.43. The quantitative estimate of drug-likeness (QED) is 0.689. The summed E-state index contributed by atoms with van der Waals surface area (Å²) >= 11 is 2.91. The van der Waals surface area contributed by atoms with E-state index < -0.39 is 0 Å². The van der Waals surface area contributed by atoms with Crippen LogP contribution in [0.25, 0.3) is 0 Å². The summed E-state index contributed by atoms with van der Waals surface area (Å²) < 4.78 is 7.51. The molecule has 0 aliphatic rings. The van der Waals surface area contributed by atoms with Crippen molar-refractivity contribution < 1.29 is 9.21 Å². The average Bonchev–Trinajstić information content (AvgIpc) is 3.26. The first-order valence-corrected chi connectivity index (χ1v) is 8.78. The van der Waals surface area contributed by atoms with Crippen LogP contribution in [0.5, 0.6) is 0 Å². The molecule has 0 fully saturated rings. The maximum Gasteiger partial charge on any atom is 0.293 e. The Morgan fingerprint density at radius 2 is 2.30 bits per heavy atom. The molecule has 1 N–H and O–H groups in total. The van der Waals surface area contributed by atoms with Gasteiger partial charge in [0.05, 0.1) is 5.75 Å². The fourth-order valence-electron chi connectivity index (χ4n) is 1.81. The molecule has 0 aliphatic carbocycles. The first-order chi connectivity index (χ1) is 11.2. The monoisotopic (exact) mass is 349 g/mol. The summed E-state index contributed by atoms with van der Waals surface area (Å²) in [6.45, 7) is 1.99. The van der Waals surface area contributed by atoms with Crippen LogP contribution >= 0.6 is 23.1 Å². The predicted octanol–water partition coefficient (Wildman–Crippen LogP) is 2.97. The van der Waals surface area contributed by atoms with Gasteiger partial charge in [-0.15, -0.1) is 10.2 Å². The molecule has 0 radical (unpaired) electrons. The van der Waals surface area contributed by atoms with E-state index >= 15 is 0 Å². The van der Waals surface area contributed by atoms with Crippen LogP contribution in [0.2, 0.25) is 0 Å². The number of hydrogen-bond acceptors (Lipinski definition) is 7. The van der Waals surface area contributed by atoms with Gasteiger partial charge in [-0.1, -0.05) is 30.0 Å². The Kier molecular flexibility index (Phi) is 4.77. The molecule has 0 unspecified atom stereocenters. The first-order valence-electron chi connectivity index (χ1n) is 6.98. The Bertz CT molecular complexity index is 808. The largest absolute Gasteiger partial charge is 0.455 e. The summed E-state index contributed by atoms with van der Waals surface area (Å²) in [6, 6.07) is 3.45. The normalized spacial score (nSPS) is 10.9. The number of rotatable bonds is 6. The lowest BCUT2D eigenvalue weighted by molar-refractivity contribution is 0.0995. The van der Waals surface area contributed by atoms with Crippen molar-refractivity contribution in [2.75, 3.05) is 5.32 Å². The lowest BCUT2D eigenvalue weighted by Gasteiger charge is -1.99. The Morgan fingerprint density at radius 3 is 3.00 bits per heavy atom. The van der Waals surface area contributed by atoms with Crippen molar-refractivity contribution >= 4 is 34.1 Å². The van der Waals surface area contributed by atoms with Gasteiger partial charge < -0.3 is 8.98 Å². The number of aryl methyl sites for hydroxylation is 2. The zero-order chi connectivity index (χ0) is 16.2. The second-order valence-corrected chi connectivity index (χ2v) is 6.69. The first kappa shape index (κ1) is 15.8. The summed E-state index contributed by atoms with van der Waals surface area (Å²) in [5, 5.41) is 12.8. The van der Waals surface area contributed by atoms with Gasteiger partial charge in [0.15, 0.2) is 10.9 Å². The summed E-state index contributed by atoms with van der Waals surface area (Å²) in [7, 11) is 1.93. The fraction of sp³-hybridized carbons (Fsp3) is 0.286. The van der Waals surface area contributed by atoms with Crippen molar-refractivity contribution in [2.45, 2.75) is 24.3 Å². The molecular formula is C14H15N5O2S2. The molecule has 0 atom stereocenters. The number of thioether (sulfide) groups is 1. The summed E-state index contributed by atoms with van der Waals surface area (Å²) in [5.41, 5.74) is 0. The van der Waals surface area contributed by atoms with Crippen LogP contribution in [0, 0.1) is 0 Å². The number of hydrogen-bond donors (Lipinski definition) is 1. The van der Waals surface area contributed by atoms with E-state index in [4.69, 9.17) is 4.42 Å². The molecule has 9 heteroatoms. The molecular weight excluding hydrogens is 334 g/mol. The molecule has 3 aromatic heterocycles. The Hall–Kier alpha value is -2.13. The lowest BCUT2D eigenvalue weighted by atomic mass is 10.4. The molecule has 3 rings (SSSR count). The standard InChI is InChI=1S/C14H15N5O2S2/c1-3-11-17-18-13(23-11)16-12(20)10-5-4-9(21-10)8-22-14-15-6-7-19(14)2/h4-7H,3,8H2,1-2H3,(H,16,18,20). The SMILES string of the molecule is CCc1nnc(NC(=O)c2ccc(CSc3nccn3C)o2)s1. The Balaban J connectivity index is 1.59. The number of aromatic nitrogens is 4. The molecule has 120 valence electrons. The van der Waals surface area contributed by atoms with Crippen LogP contribution in [-0.4, -0.2) is 25.7 Å². The highest BCUT2D eigenvalue weighted by atomic mass is 32.2. The number of carbonyl (C=O) groups is 1. The van der Waals surface area contributed by atoms with Gasteiger partial charge in [0, 0.05) is 19.4 Å². The highest BCUT2D eigenvalue weighted by Crippen LogP contribution is 2.22. The van der Waals surface area contributed by atoms with Crippen molar-refractivity contribution in [3.8, 4) is 0 Å². The highest BCUT2D eigenvalue weighted by Gasteiger charge is 2.14. The minimum atomic E-state index is -0.322. The van der Waals surface area contributed by atoms with E-state index in [2.05, 4.69) is 20.5 Å². The molecule has 7 nitrogen and oxygen atoms in total. The molecule has 3 aromatic rings. The molecule has 1 amide bonds. The minimum absolute atomic E-state index is 0.258. The number of nitrogens with zero attached hydrogens (tertiary/aromatic N) is 4. The molecule has 0 saturated heterocycles. The maximum atomic E-state index is 12.1. The van der Waals surface area contributed by atoms with Gasteiger partial charge in [0.1, 0.15) is 10.8 Å². The van der Waals surface area contributed by atoms with Crippen molar-refractivity contribution in [2.24, 2.45) is 7.05 Å². The van der Waals surface area contributed by atoms with Gasteiger partial charge in [-0.25, -0.2) is 4.98 Å². The molecule has 0 bridgehead atoms. The van der Waals surface area contributed by atoms with Gasteiger partial charge in [-0.05, 0) is 18.6 Å². The number of nitrogens with one attached hydrogen (secondary N) is 1. The topological polar surface area (TPSA) is 85.8 Å². The van der Waals surface area contributed by atoms with Crippen molar-refractivity contribution in [3.05, 3.63) is 41.1 Å². The number of amides is 1. The van der Waals surface area contributed by atoms with E-state index in [0.717, 1.165) is 22.3 Å². The van der Waals surface area contributed by atoms with Gasteiger partial charge in [-0.2, -0.15) is 0 Å². The maximum absolute atomic E-state index is 12.1. The van der Waals surface area contributed by atoms with E-state index in [1.54, 1.807) is 30.1 Å². The molecule has 0 spiro atoms. The van der Waals surface area contributed by atoms with Crippen molar-refractivity contribution in [1.29, 1.82) is 0 Å². The van der Waals surface area contributed by atoms with Crippen molar-refractivity contribution in [3.63, 3.8) is 0 Å². The zero-order valence-corrected chi connectivity index (χ0v) is 14.3. The molecule has 0 saturated carbocycles. The minimum Gasteiger partial charge on any atom is -0.455 e. The number of imidazole rings is 1. The van der Waals surface area contributed by atoms with Gasteiger partial charge in [-0.3, -0.25) is 10.1 Å². The molecule has 0 aromatic carbocycles. The van der Waals surface area contributed by atoms with Gasteiger partial charge in [0.2, 0.25) is 5.13 Å². The number of carbonyl (C=O) groups excluding carboxylic acids is 1. The highest BCUT2D eigenvalue weighted by molar-refractivity contribution is 7.98. The smallest absolute Gasteiger partial charge is 0.293 e. The molecule has 3 heterocycles. The van der Waals surface area contributed by atoms with Gasteiger partial charge >= 0.3 is 0 Å². The van der Waals surface area contributed by atoms with Crippen LogP contribution in [0.3, 0.4) is 0 Å². The average molecular weight is 349 g/mol. The third kappa shape index (κ3) is 3.80. The summed E-state index contributed by atoms with van der Waals surface area (Å²) in [5.74, 6) is 1.26. The van der Waals surface area contributed by atoms with Gasteiger partial charge in [0.25, 0.3) is 5.91 Å². The van der Waals surface area contributed by atoms with E-state index in [9.17, 15) is 4.79 Å². The van der Waals surface area contributed by atoms with Crippen LogP contribution in [0.15, 0.2) is 34.1 Å². The van der Waals surface area contributed by atoms with Crippen LogP contribution in [0.1, 0.15) is 28.2 Å². The Labute approximate surface area is 141 Å². The van der Waals surface area contributed by atoms with E-state index in [1.807, 2.05) is 24.7 Å². The molecule has 23 heavy (non-hydrogen) atoms. The second-order valence-electron chi connectivity index (χ2n) is 4.68. The second kappa shape index (κ2) is 6.97. The fourth-order valence-corrected chi connectivity index (χ4v) is 3.31. The third-order valence-electron chi connectivity index (χ3n) is 3.00. The van der Waals surface area contributed by atoms with E-state index in [1.165, 1.54) is 11.3 Å².